The van der Waals surface area contributed by atoms with Crippen LogP contribution >= 0.6 is 23.2 Å². The Kier molecular flexibility index (Phi) is 8.86. The van der Waals surface area contributed by atoms with Gasteiger partial charge in [0, 0.05) is 17.3 Å². The largest absolute Gasteiger partial charge is 0.353 e. The zero-order valence-corrected chi connectivity index (χ0v) is 17.3. The monoisotopic (exact) mass is 422 g/mol. The fourth-order valence-corrected chi connectivity index (χ4v) is 3.41. The molecule has 0 fully saturated rings. The van der Waals surface area contributed by atoms with E-state index in [1.165, 1.54) is 18.2 Å². The van der Waals surface area contributed by atoms with Crippen LogP contribution in [0.2, 0.25) is 10.0 Å². The van der Waals surface area contributed by atoms with E-state index in [1.54, 1.807) is 6.92 Å². The zero-order chi connectivity index (χ0) is 19.9. The Labute approximate surface area is 164 Å². The molecule has 0 radical (unpaired) electrons. The lowest BCUT2D eigenvalue weighted by molar-refractivity contribution is -0.123. The highest BCUT2D eigenvalue weighted by molar-refractivity contribution is 7.91. The molecule has 6 nitrogen and oxygen atoms in total. The molecule has 0 aromatic heterocycles. The van der Waals surface area contributed by atoms with Crippen LogP contribution in [0.3, 0.4) is 0 Å². The smallest absolute Gasteiger partial charge is 0.253 e. The maximum atomic E-state index is 12.4. The number of nitrogens with one attached hydrogen (secondary N) is 2. The van der Waals surface area contributed by atoms with Crippen molar-refractivity contribution in [1.82, 2.24) is 10.6 Å². The average molecular weight is 423 g/mol. The first kappa shape index (κ1) is 22.7. The van der Waals surface area contributed by atoms with Gasteiger partial charge in [-0.15, -0.1) is 0 Å². The number of halogens is 2. The van der Waals surface area contributed by atoms with E-state index in [2.05, 4.69) is 10.6 Å². The van der Waals surface area contributed by atoms with Gasteiger partial charge >= 0.3 is 0 Å². The number of carbonyl (C=O) groups is 2. The molecular weight excluding hydrogens is 399 g/mol. The summed E-state index contributed by atoms with van der Waals surface area (Å²) in [7, 11) is -3.17. The van der Waals surface area contributed by atoms with Gasteiger partial charge in [0.25, 0.3) is 5.91 Å². The third-order valence-electron chi connectivity index (χ3n) is 3.66. The Morgan fingerprint density at radius 1 is 1.19 bits per heavy atom. The number of hydrogen-bond acceptors (Lipinski definition) is 4. The minimum absolute atomic E-state index is 0.00116. The lowest BCUT2D eigenvalue weighted by Gasteiger charge is -2.20. The number of amides is 2. The molecule has 0 aliphatic carbocycles. The van der Waals surface area contributed by atoms with Crippen LogP contribution in [0.5, 0.6) is 0 Å². The number of sulfone groups is 1. The van der Waals surface area contributed by atoms with E-state index in [0.717, 1.165) is 0 Å². The van der Waals surface area contributed by atoms with E-state index < -0.39 is 27.7 Å². The molecule has 0 saturated carbocycles. The van der Waals surface area contributed by atoms with Crippen LogP contribution in [0.15, 0.2) is 18.2 Å². The van der Waals surface area contributed by atoms with Crippen LogP contribution in [0.25, 0.3) is 0 Å². The van der Waals surface area contributed by atoms with Gasteiger partial charge in [0.1, 0.15) is 6.04 Å². The van der Waals surface area contributed by atoms with Gasteiger partial charge in [0.2, 0.25) is 5.91 Å². The Morgan fingerprint density at radius 3 is 2.38 bits per heavy atom. The second kappa shape index (κ2) is 10.1. The van der Waals surface area contributed by atoms with Crippen molar-refractivity contribution in [3.8, 4) is 0 Å². The minimum atomic E-state index is -3.17. The number of carbonyl (C=O) groups excluding carboxylic acids is 2. The summed E-state index contributed by atoms with van der Waals surface area (Å²) >= 11 is 11.9. The number of benzene rings is 1. The first-order valence-electron chi connectivity index (χ1n) is 8.29. The number of rotatable bonds is 9. The molecule has 2 amide bonds. The normalized spacial score (nSPS) is 12.7. The van der Waals surface area contributed by atoms with Crippen molar-refractivity contribution in [2.24, 2.45) is 5.92 Å². The van der Waals surface area contributed by atoms with Gasteiger partial charge in [-0.1, -0.05) is 44.0 Å². The summed E-state index contributed by atoms with van der Waals surface area (Å²) in [6.45, 7) is 5.39. The Hall–Kier alpha value is -1.31. The Balaban J connectivity index is 2.79. The lowest BCUT2D eigenvalue weighted by atomic mass is 10.0. The lowest BCUT2D eigenvalue weighted by Crippen LogP contribution is -2.48. The van der Waals surface area contributed by atoms with Crippen molar-refractivity contribution >= 4 is 44.9 Å². The summed E-state index contributed by atoms with van der Waals surface area (Å²) in [5.41, 5.74) is 0.214. The molecule has 1 rings (SSSR count). The Morgan fingerprint density at radius 2 is 1.85 bits per heavy atom. The van der Waals surface area contributed by atoms with Crippen molar-refractivity contribution < 1.29 is 18.0 Å². The summed E-state index contributed by atoms with van der Waals surface area (Å²) in [6, 6.07) is 3.68. The molecule has 0 spiro atoms. The van der Waals surface area contributed by atoms with Crippen molar-refractivity contribution in [2.75, 3.05) is 18.1 Å². The van der Waals surface area contributed by atoms with Gasteiger partial charge in [0.05, 0.1) is 16.3 Å². The van der Waals surface area contributed by atoms with Crippen LogP contribution in [-0.4, -0.2) is 44.3 Å². The van der Waals surface area contributed by atoms with E-state index in [0.29, 0.717) is 11.4 Å². The average Bonchev–Trinajstić information content (AvgIpc) is 2.53. The van der Waals surface area contributed by atoms with Gasteiger partial charge in [-0.2, -0.15) is 0 Å². The quantitative estimate of drug-likeness (QED) is 0.639. The molecule has 0 saturated heterocycles. The summed E-state index contributed by atoms with van der Waals surface area (Å²) in [5, 5.41) is 5.82. The first-order valence-corrected chi connectivity index (χ1v) is 10.9. The summed E-state index contributed by atoms with van der Waals surface area (Å²) in [5.74, 6) is -0.895. The molecule has 2 N–H and O–H groups in total. The molecule has 1 unspecified atom stereocenters. The van der Waals surface area contributed by atoms with Gasteiger partial charge < -0.3 is 10.6 Å². The molecule has 0 aliphatic heterocycles. The SMILES string of the molecule is CCS(=O)(=O)CCNC(=O)C(CC(C)C)NC(=O)c1ccc(Cl)cc1Cl. The molecule has 0 bridgehead atoms. The fraction of sp³-hybridized carbons (Fsp3) is 0.529. The topological polar surface area (TPSA) is 92.3 Å². The standard InChI is InChI=1S/C17H24Cl2N2O4S/c1-4-26(24,25)8-7-20-17(23)15(9-11(2)3)21-16(22)13-6-5-12(18)10-14(13)19/h5-6,10-11,15H,4,7-9H2,1-3H3,(H,20,23)(H,21,22). The highest BCUT2D eigenvalue weighted by atomic mass is 35.5. The summed E-state index contributed by atoms with van der Waals surface area (Å²) < 4.78 is 23.0. The van der Waals surface area contributed by atoms with Crippen LogP contribution in [0.4, 0.5) is 0 Å². The molecule has 0 heterocycles. The van der Waals surface area contributed by atoms with E-state index in [9.17, 15) is 18.0 Å². The van der Waals surface area contributed by atoms with E-state index >= 15 is 0 Å². The molecule has 9 heteroatoms. The zero-order valence-electron chi connectivity index (χ0n) is 15.0. The van der Waals surface area contributed by atoms with E-state index in [-0.39, 0.29) is 34.6 Å². The first-order chi connectivity index (χ1) is 12.1. The van der Waals surface area contributed by atoms with Gasteiger partial charge in [-0.05, 0) is 30.5 Å². The summed E-state index contributed by atoms with van der Waals surface area (Å²) in [4.78, 5) is 24.8. The van der Waals surface area contributed by atoms with Crippen molar-refractivity contribution in [2.45, 2.75) is 33.2 Å². The van der Waals surface area contributed by atoms with Crippen molar-refractivity contribution in [3.05, 3.63) is 33.8 Å². The van der Waals surface area contributed by atoms with E-state index in [4.69, 9.17) is 23.2 Å². The van der Waals surface area contributed by atoms with Crippen molar-refractivity contribution in [1.29, 1.82) is 0 Å². The van der Waals surface area contributed by atoms with Crippen LogP contribution < -0.4 is 10.6 Å². The maximum absolute atomic E-state index is 12.4. The van der Waals surface area contributed by atoms with E-state index in [1.807, 2.05) is 13.8 Å². The third kappa shape index (κ3) is 7.51. The van der Waals surface area contributed by atoms with Gasteiger partial charge in [-0.3, -0.25) is 9.59 Å². The maximum Gasteiger partial charge on any atom is 0.253 e. The van der Waals surface area contributed by atoms with Gasteiger partial charge in [0.15, 0.2) is 9.84 Å². The van der Waals surface area contributed by atoms with Crippen LogP contribution in [0.1, 0.15) is 37.6 Å². The molecular formula is C17H24Cl2N2O4S. The third-order valence-corrected chi connectivity index (χ3v) is 5.91. The van der Waals surface area contributed by atoms with Gasteiger partial charge in [-0.25, -0.2) is 8.42 Å². The second-order valence-electron chi connectivity index (χ2n) is 6.31. The van der Waals surface area contributed by atoms with Crippen LogP contribution in [-0.2, 0) is 14.6 Å². The molecule has 26 heavy (non-hydrogen) atoms. The minimum Gasteiger partial charge on any atom is -0.353 e. The summed E-state index contributed by atoms with van der Waals surface area (Å²) in [6.07, 6.45) is 0.406. The molecule has 1 aromatic carbocycles. The highest BCUT2D eigenvalue weighted by Gasteiger charge is 2.23. The van der Waals surface area contributed by atoms with Crippen molar-refractivity contribution in [3.63, 3.8) is 0 Å². The highest BCUT2D eigenvalue weighted by Crippen LogP contribution is 2.21. The fourth-order valence-electron chi connectivity index (χ4n) is 2.21. The second-order valence-corrected chi connectivity index (χ2v) is 9.62. The predicted molar refractivity (Wildman–Crippen MR) is 105 cm³/mol. The molecule has 1 aromatic rings. The number of hydrogen-bond donors (Lipinski definition) is 2. The molecule has 1 atom stereocenters. The van der Waals surface area contributed by atoms with Crippen LogP contribution in [0, 0.1) is 5.92 Å². The molecule has 0 aliphatic rings. The molecule has 146 valence electrons. The Bertz CT molecular complexity index is 751. The predicted octanol–water partition coefficient (Wildman–Crippen LogP) is 2.69.